The fourth-order valence-corrected chi connectivity index (χ4v) is 1.76. The zero-order valence-corrected chi connectivity index (χ0v) is 8.44. The second kappa shape index (κ2) is 3.53. The first-order valence-corrected chi connectivity index (χ1v) is 4.59. The van der Waals surface area contributed by atoms with Crippen LogP contribution in [-0.4, -0.2) is 58.2 Å². The summed E-state index contributed by atoms with van der Waals surface area (Å²) in [5, 5.41) is 28.4. The Labute approximate surface area is 78.8 Å². The summed E-state index contributed by atoms with van der Waals surface area (Å²) in [4.78, 5) is 1.96. The number of hydrogen-bond acceptors (Lipinski definition) is 4. The zero-order chi connectivity index (χ0) is 10.2. The van der Waals surface area contributed by atoms with E-state index in [-0.39, 0.29) is 12.5 Å². The highest BCUT2D eigenvalue weighted by Crippen LogP contribution is 2.29. The van der Waals surface area contributed by atoms with Gasteiger partial charge in [0, 0.05) is 24.6 Å². The van der Waals surface area contributed by atoms with Crippen LogP contribution in [0.5, 0.6) is 0 Å². The molecule has 0 saturated carbocycles. The van der Waals surface area contributed by atoms with E-state index in [0.29, 0.717) is 6.54 Å². The van der Waals surface area contributed by atoms with Crippen molar-refractivity contribution in [3.05, 3.63) is 0 Å². The molecule has 0 aromatic heterocycles. The van der Waals surface area contributed by atoms with Crippen LogP contribution < -0.4 is 0 Å². The molecule has 0 bridgehead atoms. The molecule has 1 rings (SSSR count). The summed E-state index contributed by atoms with van der Waals surface area (Å²) in [7, 11) is 1.89. The van der Waals surface area contributed by atoms with Gasteiger partial charge in [0.15, 0.2) is 0 Å². The fourth-order valence-electron chi connectivity index (χ4n) is 1.76. The number of rotatable bonds is 1. The smallest absolute Gasteiger partial charge is 0.0980 e. The van der Waals surface area contributed by atoms with Gasteiger partial charge in [-0.25, -0.2) is 0 Å². The third-order valence-corrected chi connectivity index (χ3v) is 3.26. The van der Waals surface area contributed by atoms with Crippen LogP contribution in [-0.2, 0) is 0 Å². The Morgan fingerprint density at radius 2 is 1.92 bits per heavy atom. The van der Waals surface area contributed by atoms with E-state index < -0.39 is 17.7 Å². The van der Waals surface area contributed by atoms with Crippen LogP contribution in [0, 0.1) is 5.92 Å². The van der Waals surface area contributed by atoms with Crippen LogP contribution in [0.4, 0.5) is 0 Å². The minimum absolute atomic E-state index is 0.0847. The van der Waals surface area contributed by atoms with Gasteiger partial charge in [-0.3, -0.25) is 4.90 Å². The van der Waals surface area contributed by atoms with Gasteiger partial charge in [-0.2, -0.15) is 0 Å². The predicted octanol–water partition coefficient (Wildman–Crippen LogP) is -0.959. The lowest BCUT2D eigenvalue weighted by Gasteiger charge is -2.49. The van der Waals surface area contributed by atoms with Crippen LogP contribution in [0.2, 0.25) is 0 Å². The summed E-state index contributed by atoms with van der Waals surface area (Å²) < 4.78 is 0. The van der Waals surface area contributed by atoms with E-state index in [0.717, 1.165) is 0 Å². The minimum atomic E-state index is -0.823. The van der Waals surface area contributed by atoms with Crippen molar-refractivity contribution in [2.24, 2.45) is 5.92 Å². The highest BCUT2D eigenvalue weighted by molar-refractivity contribution is 4.99. The van der Waals surface area contributed by atoms with Gasteiger partial charge in [0.2, 0.25) is 0 Å². The van der Waals surface area contributed by atoms with Crippen LogP contribution in [0.15, 0.2) is 0 Å². The Hall–Kier alpha value is -0.160. The first-order valence-electron chi connectivity index (χ1n) is 4.59. The maximum absolute atomic E-state index is 9.77. The molecular weight excluding hydrogens is 170 g/mol. The van der Waals surface area contributed by atoms with Gasteiger partial charge in [-0.15, -0.1) is 0 Å². The highest BCUT2D eigenvalue weighted by atomic mass is 16.3. The molecule has 1 aliphatic rings. The van der Waals surface area contributed by atoms with Gasteiger partial charge in [0.05, 0.1) is 12.2 Å². The monoisotopic (exact) mass is 189 g/mol. The van der Waals surface area contributed by atoms with Crippen molar-refractivity contribution in [2.45, 2.75) is 31.6 Å². The number of nitrogens with zero attached hydrogens (tertiary/aromatic N) is 1. The van der Waals surface area contributed by atoms with Crippen molar-refractivity contribution >= 4 is 0 Å². The van der Waals surface area contributed by atoms with Crippen LogP contribution in [0.1, 0.15) is 13.8 Å². The number of aliphatic hydroxyl groups excluding tert-OH is 3. The first-order chi connectivity index (χ1) is 5.91. The fraction of sp³-hybridized carbons (Fsp3) is 1.00. The molecule has 0 aromatic carbocycles. The maximum atomic E-state index is 9.77. The molecule has 0 aliphatic carbocycles. The van der Waals surface area contributed by atoms with E-state index >= 15 is 0 Å². The normalized spacial score (nSPS) is 40.6. The summed E-state index contributed by atoms with van der Waals surface area (Å²) in [5.74, 6) is -0.243. The molecule has 1 saturated heterocycles. The van der Waals surface area contributed by atoms with Crippen LogP contribution in [0.3, 0.4) is 0 Å². The number of aliphatic hydroxyl groups is 3. The third kappa shape index (κ3) is 1.72. The van der Waals surface area contributed by atoms with Crippen molar-refractivity contribution in [2.75, 3.05) is 20.2 Å². The maximum Gasteiger partial charge on any atom is 0.0980 e. The third-order valence-electron chi connectivity index (χ3n) is 3.26. The second-order valence-electron chi connectivity index (χ2n) is 4.41. The molecule has 1 heterocycles. The Balaban J connectivity index is 2.79. The lowest BCUT2D eigenvalue weighted by Crippen LogP contribution is -2.64. The molecule has 0 radical (unpaired) electrons. The Kier molecular flexibility index (Phi) is 2.97. The topological polar surface area (TPSA) is 63.9 Å². The van der Waals surface area contributed by atoms with E-state index in [4.69, 9.17) is 5.11 Å². The van der Waals surface area contributed by atoms with Gasteiger partial charge in [0.25, 0.3) is 0 Å². The van der Waals surface area contributed by atoms with Crippen molar-refractivity contribution in [1.29, 1.82) is 0 Å². The van der Waals surface area contributed by atoms with Gasteiger partial charge < -0.3 is 15.3 Å². The Morgan fingerprint density at radius 1 is 1.38 bits per heavy atom. The standard InChI is InChI=1S/C9H19NO3/c1-9(2)8(13)7(12)6(5-11)4-10(9)3/h6-8,11-13H,4-5H2,1-3H3/t6?,7-,8+/m0/s1. The predicted molar refractivity (Wildman–Crippen MR) is 49.3 cm³/mol. The summed E-state index contributed by atoms with van der Waals surface area (Å²) in [6.45, 7) is 4.29. The van der Waals surface area contributed by atoms with Crippen molar-refractivity contribution < 1.29 is 15.3 Å². The first kappa shape index (κ1) is 10.9. The van der Waals surface area contributed by atoms with E-state index in [2.05, 4.69) is 0 Å². The molecule has 3 N–H and O–H groups in total. The SMILES string of the molecule is CN1CC(CO)[C@H](O)[C@@H](O)C1(C)C. The van der Waals surface area contributed by atoms with Crippen LogP contribution >= 0.6 is 0 Å². The quantitative estimate of drug-likeness (QED) is 0.497. The lowest BCUT2D eigenvalue weighted by atomic mass is 9.80. The Morgan fingerprint density at radius 3 is 2.38 bits per heavy atom. The van der Waals surface area contributed by atoms with Crippen molar-refractivity contribution in [3.8, 4) is 0 Å². The average molecular weight is 189 g/mol. The molecular formula is C9H19NO3. The van der Waals surface area contributed by atoms with Gasteiger partial charge in [0.1, 0.15) is 0 Å². The molecule has 13 heavy (non-hydrogen) atoms. The molecule has 0 aromatic rings. The van der Waals surface area contributed by atoms with Gasteiger partial charge in [-0.1, -0.05) is 0 Å². The molecule has 3 atom stereocenters. The molecule has 1 fully saturated rings. The molecule has 0 spiro atoms. The summed E-state index contributed by atoms with van der Waals surface area (Å²) in [6, 6.07) is 0. The van der Waals surface area contributed by atoms with E-state index in [1.54, 1.807) is 0 Å². The summed E-state index contributed by atoms with van der Waals surface area (Å²) >= 11 is 0. The highest BCUT2D eigenvalue weighted by Gasteiger charge is 2.45. The van der Waals surface area contributed by atoms with Crippen molar-refractivity contribution in [3.63, 3.8) is 0 Å². The van der Waals surface area contributed by atoms with E-state index in [9.17, 15) is 10.2 Å². The molecule has 1 unspecified atom stereocenters. The average Bonchev–Trinajstić information content (AvgIpc) is 2.09. The van der Waals surface area contributed by atoms with E-state index in [1.165, 1.54) is 0 Å². The molecule has 78 valence electrons. The largest absolute Gasteiger partial charge is 0.396 e. The lowest BCUT2D eigenvalue weighted by molar-refractivity contribution is -0.141. The van der Waals surface area contributed by atoms with Crippen LogP contribution in [0.25, 0.3) is 0 Å². The summed E-state index contributed by atoms with van der Waals surface area (Å²) in [5.41, 5.74) is -0.426. The number of likely N-dealkylation sites (N-methyl/N-ethyl adjacent to an activating group) is 1. The summed E-state index contributed by atoms with van der Waals surface area (Å²) in [6.07, 6.45) is -1.63. The Bertz CT molecular complexity index is 184. The molecule has 4 heteroatoms. The van der Waals surface area contributed by atoms with Crippen molar-refractivity contribution in [1.82, 2.24) is 4.90 Å². The second-order valence-corrected chi connectivity index (χ2v) is 4.41. The zero-order valence-electron chi connectivity index (χ0n) is 8.44. The molecule has 1 aliphatic heterocycles. The minimum Gasteiger partial charge on any atom is -0.396 e. The van der Waals surface area contributed by atoms with Gasteiger partial charge in [-0.05, 0) is 20.9 Å². The van der Waals surface area contributed by atoms with E-state index in [1.807, 2.05) is 25.8 Å². The molecule has 4 nitrogen and oxygen atoms in total. The number of piperidine rings is 1. The number of likely N-dealkylation sites (tertiary alicyclic amines) is 1. The van der Waals surface area contributed by atoms with Gasteiger partial charge >= 0.3 is 0 Å². The molecule has 0 amide bonds. The number of hydrogen-bond donors (Lipinski definition) is 3.